The Morgan fingerprint density at radius 3 is 2.68 bits per heavy atom. The maximum atomic E-state index is 12.2. The molecule has 3 rings (SSSR count). The summed E-state index contributed by atoms with van der Waals surface area (Å²) in [6, 6.07) is 14.6. The Morgan fingerprint density at radius 2 is 1.91 bits per heavy atom. The third kappa shape index (κ3) is 3.46. The summed E-state index contributed by atoms with van der Waals surface area (Å²) in [5, 5.41) is 0. The number of hydrogen-bond acceptors (Lipinski definition) is 4. The van der Waals surface area contributed by atoms with Gasteiger partial charge in [0.15, 0.2) is 11.5 Å². The average molecular weight is 316 g/mol. The van der Waals surface area contributed by atoms with Gasteiger partial charge in [0.05, 0.1) is 11.4 Å². The number of aromatic nitrogens is 1. The highest BCUT2D eigenvalue weighted by Crippen LogP contribution is 2.20. The van der Waals surface area contributed by atoms with Crippen molar-refractivity contribution in [2.45, 2.75) is 13.3 Å². The summed E-state index contributed by atoms with van der Waals surface area (Å²) >= 11 is 0. The quantitative estimate of drug-likeness (QED) is 0.785. The van der Waals surface area contributed by atoms with E-state index in [-0.39, 0.29) is 5.75 Å². The second-order valence-electron chi connectivity index (χ2n) is 5.07. The molecule has 114 valence electrons. The molecule has 6 heteroatoms. The van der Waals surface area contributed by atoms with E-state index >= 15 is 0 Å². The molecule has 0 radical (unpaired) electrons. The molecule has 22 heavy (non-hydrogen) atoms. The largest absolute Gasteiger partial charge is 0.441 e. The summed E-state index contributed by atoms with van der Waals surface area (Å²) in [5.41, 5.74) is 2.76. The van der Waals surface area contributed by atoms with E-state index in [1.54, 1.807) is 25.1 Å². The molecule has 0 atom stereocenters. The van der Waals surface area contributed by atoms with Gasteiger partial charge in [0, 0.05) is 13.0 Å². The lowest BCUT2D eigenvalue weighted by Gasteiger charge is -2.07. The second-order valence-corrected chi connectivity index (χ2v) is 6.91. The SMILES string of the molecule is Cc1nc2ccc(NS(=O)(=O)CCc3ccccc3)cc2o1. The molecule has 0 aliphatic rings. The molecule has 0 saturated carbocycles. The van der Waals surface area contributed by atoms with Gasteiger partial charge < -0.3 is 4.42 Å². The fraction of sp³-hybridized carbons (Fsp3) is 0.188. The molecule has 0 fully saturated rings. The first kappa shape index (κ1) is 14.6. The van der Waals surface area contributed by atoms with Gasteiger partial charge in [-0.1, -0.05) is 30.3 Å². The molecule has 0 amide bonds. The summed E-state index contributed by atoms with van der Waals surface area (Å²) in [6.45, 7) is 1.75. The number of benzene rings is 2. The molecule has 5 nitrogen and oxygen atoms in total. The lowest BCUT2D eigenvalue weighted by atomic mass is 10.2. The van der Waals surface area contributed by atoms with Gasteiger partial charge in [0.2, 0.25) is 10.0 Å². The maximum Gasteiger partial charge on any atom is 0.233 e. The number of anilines is 1. The minimum atomic E-state index is -3.41. The van der Waals surface area contributed by atoms with E-state index in [9.17, 15) is 8.42 Å². The van der Waals surface area contributed by atoms with Crippen LogP contribution < -0.4 is 4.72 Å². The molecule has 3 aromatic rings. The predicted molar refractivity (Wildman–Crippen MR) is 86.3 cm³/mol. The molecule has 0 aliphatic carbocycles. The third-order valence-electron chi connectivity index (χ3n) is 3.27. The molecule has 0 bridgehead atoms. The first-order valence-corrected chi connectivity index (χ1v) is 8.59. The van der Waals surface area contributed by atoms with E-state index in [0.29, 0.717) is 29.1 Å². The summed E-state index contributed by atoms with van der Waals surface area (Å²) in [6.07, 6.45) is 0.472. The van der Waals surface area contributed by atoms with Crippen LogP contribution in [-0.2, 0) is 16.4 Å². The van der Waals surface area contributed by atoms with E-state index in [2.05, 4.69) is 9.71 Å². The van der Waals surface area contributed by atoms with Gasteiger partial charge >= 0.3 is 0 Å². The van der Waals surface area contributed by atoms with Crippen molar-refractivity contribution >= 4 is 26.8 Å². The topological polar surface area (TPSA) is 72.2 Å². The van der Waals surface area contributed by atoms with Gasteiger partial charge in [-0.25, -0.2) is 13.4 Å². The average Bonchev–Trinajstić information content (AvgIpc) is 2.85. The van der Waals surface area contributed by atoms with Crippen molar-refractivity contribution < 1.29 is 12.8 Å². The van der Waals surface area contributed by atoms with E-state index < -0.39 is 10.0 Å². The van der Waals surface area contributed by atoms with Gasteiger partial charge in [-0.05, 0) is 24.1 Å². The zero-order valence-corrected chi connectivity index (χ0v) is 12.9. The van der Waals surface area contributed by atoms with Gasteiger partial charge in [-0.3, -0.25) is 4.72 Å². The Labute approximate surface area is 129 Å². The Hall–Kier alpha value is -2.34. The molecular weight excluding hydrogens is 300 g/mol. The normalized spacial score (nSPS) is 11.7. The molecule has 2 aromatic carbocycles. The number of rotatable bonds is 5. The number of hydrogen-bond donors (Lipinski definition) is 1. The molecule has 1 aromatic heterocycles. The van der Waals surface area contributed by atoms with Crippen LogP contribution in [0.25, 0.3) is 11.1 Å². The van der Waals surface area contributed by atoms with Crippen LogP contribution in [0.4, 0.5) is 5.69 Å². The first-order valence-electron chi connectivity index (χ1n) is 6.93. The second kappa shape index (κ2) is 5.81. The fourth-order valence-electron chi connectivity index (χ4n) is 2.23. The summed E-state index contributed by atoms with van der Waals surface area (Å²) in [4.78, 5) is 4.18. The fourth-order valence-corrected chi connectivity index (χ4v) is 3.32. The van der Waals surface area contributed by atoms with Crippen LogP contribution in [0.5, 0.6) is 0 Å². The molecule has 0 aliphatic heterocycles. The lowest BCUT2D eigenvalue weighted by Crippen LogP contribution is -2.18. The zero-order chi connectivity index (χ0) is 15.6. The molecule has 0 unspecified atom stereocenters. The standard InChI is InChI=1S/C16H16N2O3S/c1-12-17-15-8-7-14(11-16(15)21-12)18-22(19,20)10-9-13-5-3-2-4-6-13/h2-8,11,18H,9-10H2,1H3. The van der Waals surface area contributed by atoms with Gasteiger partial charge in [0.1, 0.15) is 5.52 Å². The van der Waals surface area contributed by atoms with Crippen molar-refractivity contribution in [2.75, 3.05) is 10.5 Å². The van der Waals surface area contributed by atoms with E-state index in [1.165, 1.54) is 0 Å². The molecule has 1 N–H and O–H groups in total. The number of nitrogens with one attached hydrogen (secondary N) is 1. The van der Waals surface area contributed by atoms with Gasteiger partial charge in [-0.15, -0.1) is 0 Å². The van der Waals surface area contributed by atoms with Crippen molar-refractivity contribution in [3.05, 3.63) is 60.0 Å². The van der Waals surface area contributed by atoms with Crippen LogP contribution >= 0.6 is 0 Å². The predicted octanol–water partition coefficient (Wildman–Crippen LogP) is 3.12. The Morgan fingerprint density at radius 1 is 1.14 bits per heavy atom. The third-order valence-corrected chi connectivity index (χ3v) is 4.56. The smallest absolute Gasteiger partial charge is 0.233 e. The van der Waals surface area contributed by atoms with Crippen molar-refractivity contribution in [1.29, 1.82) is 0 Å². The highest BCUT2D eigenvalue weighted by Gasteiger charge is 2.12. The number of aryl methyl sites for hydroxylation is 2. The summed E-state index contributed by atoms with van der Waals surface area (Å²) in [7, 11) is -3.41. The highest BCUT2D eigenvalue weighted by molar-refractivity contribution is 7.92. The maximum absolute atomic E-state index is 12.2. The van der Waals surface area contributed by atoms with Crippen molar-refractivity contribution in [2.24, 2.45) is 0 Å². The van der Waals surface area contributed by atoms with E-state index in [1.807, 2.05) is 30.3 Å². The first-order chi connectivity index (χ1) is 10.5. The molecule has 0 spiro atoms. The van der Waals surface area contributed by atoms with Crippen LogP contribution in [-0.4, -0.2) is 19.2 Å². The lowest BCUT2D eigenvalue weighted by molar-refractivity contribution is 0.561. The summed E-state index contributed by atoms with van der Waals surface area (Å²) < 4.78 is 32.3. The van der Waals surface area contributed by atoms with Crippen LogP contribution in [0.3, 0.4) is 0 Å². The molecule has 1 heterocycles. The van der Waals surface area contributed by atoms with Gasteiger partial charge in [-0.2, -0.15) is 0 Å². The number of fused-ring (bicyclic) bond motifs is 1. The van der Waals surface area contributed by atoms with Crippen LogP contribution in [0, 0.1) is 6.92 Å². The van der Waals surface area contributed by atoms with E-state index in [4.69, 9.17) is 4.42 Å². The van der Waals surface area contributed by atoms with Crippen LogP contribution in [0.15, 0.2) is 52.9 Å². The highest BCUT2D eigenvalue weighted by atomic mass is 32.2. The Balaban J connectivity index is 1.72. The number of sulfonamides is 1. The minimum Gasteiger partial charge on any atom is -0.441 e. The Kier molecular flexibility index (Phi) is 3.85. The zero-order valence-electron chi connectivity index (χ0n) is 12.1. The van der Waals surface area contributed by atoms with Crippen molar-refractivity contribution in [3.63, 3.8) is 0 Å². The van der Waals surface area contributed by atoms with Gasteiger partial charge in [0.25, 0.3) is 0 Å². The van der Waals surface area contributed by atoms with Crippen molar-refractivity contribution in [3.8, 4) is 0 Å². The Bertz CT molecular complexity index is 886. The van der Waals surface area contributed by atoms with Crippen LogP contribution in [0.1, 0.15) is 11.5 Å². The van der Waals surface area contributed by atoms with Crippen molar-refractivity contribution in [1.82, 2.24) is 4.98 Å². The van der Waals surface area contributed by atoms with Crippen LogP contribution in [0.2, 0.25) is 0 Å². The summed E-state index contributed by atoms with van der Waals surface area (Å²) in [5.74, 6) is 0.587. The molecular formula is C16H16N2O3S. The van der Waals surface area contributed by atoms with E-state index in [0.717, 1.165) is 5.56 Å². The minimum absolute atomic E-state index is 0.0322. The monoisotopic (exact) mass is 316 g/mol. The number of nitrogens with zero attached hydrogens (tertiary/aromatic N) is 1. The number of oxazole rings is 1. The molecule has 0 saturated heterocycles.